The molecule has 26 heavy (non-hydrogen) atoms. The van der Waals surface area contributed by atoms with Gasteiger partial charge in [-0.25, -0.2) is 8.42 Å². The van der Waals surface area contributed by atoms with E-state index < -0.39 is 10.0 Å². The van der Waals surface area contributed by atoms with Crippen molar-refractivity contribution in [3.05, 3.63) is 53.6 Å². The number of halogens is 1. The molecule has 1 amide bonds. The van der Waals surface area contributed by atoms with Crippen LogP contribution in [-0.2, 0) is 14.8 Å². The third-order valence-electron chi connectivity index (χ3n) is 3.63. The predicted octanol–water partition coefficient (Wildman–Crippen LogP) is 3.07. The molecule has 2 aromatic carbocycles. The zero-order valence-corrected chi connectivity index (χ0v) is 16.6. The highest BCUT2D eigenvalue weighted by Gasteiger charge is 2.18. The number of amides is 1. The molecule has 0 saturated heterocycles. The van der Waals surface area contributed by atoms with E-state index in [-0.39, 0.29) is 23.2 Å². The summed E-state index contributed by atoms with van der Waals surface area (Å²) in [5, 5.41) is 5.61. The van der Waals surface area contributed by atoms with Crippen molar-refractivity contribution in [2.24, 2.45) is 0 Å². The van der Waals surface area contributed by atoms with E-state index >= 15 is 0 Å². The van der Waals surface area contributed by atoms with Crippen molar-refractivity contribution < 1.29 is 13.2 Å². The Bertz CT molecular complexity index is 870. The number of benzene rings is 2. The van der Waals surface area contributed by atoms with E-state index in [9.17, 15) is 13.2 Å². The lowest BCUT2D eigenvalue weighted by Crippen LogP contribution is -2.19. The molecule has 0 fully saturated rings. The SMILES string of the molecule is CNCCC(=O)Nc1ccc(C)c(S(=O)(=O)Nc2cccc(C)c2)c1.Cl. The third-order valence-corrected chi connectivity index (χ3v) is 5.16. The molecule has 0 heterocycles. The van der Waals surface area contributed by atoms with Crippen molar-refractivity contribution >= 4 is 39.7 Å². The number of rotatable bonds is 7. The predicted molar refractivity (Wildman–Crippen MR) is 108 cm³/mol. The first-order chi connectivity index (χ1) is 11.8. The van der Waals surface area contributed by atoms with Crippen molar-refractivity contribution in [1.29, 1.82) is 0 Å². The first-order valence-corrected chi connectivity index (χ1v) is 9.45. The summed E-state index contributed by atoms with van der Waals surface area (Å²) in [5.41, 5.74) is 2.52. The number of carbonyl (C=O) groups is 1. The summed E-state index contributed by atoms with van der Waals surface area (Å²) in [7, 11) is -1.98. The van der Waals surface area contributed by atoms with Crippen LogP contribution in [0.1, 0.15) is 17.5 Å². The van der Waals surface area contributed by atoms with E-state index in [0.29, 0.717) is 29.9 Å². The first kappa shape index (κ1) is 22.0. The second-order valence-electron chi connectivity index (χ2n) is 5.86. The molecule has 0 aliphatic heterocycles. The molecule has 2 aromatic rings. The largest absolute Gasteiger partial charge is 0.326 e. The van der Waals surface area contributed by atoms with Gasteiger partial charge >= 0.3 is 0 Å². The van der Waals surface area contributed by atoms with Gasteiger partial charge in [0.25, 0.3) is 10.0 Å². The summed E-state index contributed by atoms with van der Waals surface area (Å²) in [5.74, 6) is -0.173. The van der Waals surface area contributed by atoms with Crippen LogP contribution < -0.4 is 15.4 Å². The molecule has 2 rings (SSSR count). The maximum absolute atomic E-state index is 12.7. The van der Waals surface area contributed by atoms with E-state index in [1.165, 1.54) is 6.07 Å². The van der Waals surface area contributed by atoms with Gasteiger partial charge in [-0.1, -0.05) is 18.2 Å². The maximum atomic E-state index is 12.7. The molecule has 0 aliphatic rings. The standard InChI is InChI=1S/C18H23N3O3S.ClH/c1-13-5-4-6-16(11-13)21-25(23,24)17-12-15(8-7-14(17)2)20-18(22)9-10-19-3;/h4-8,11-12,19,21H,9-10H2,1-3H3,(H,20,22);1H. The van der Waals surface area contributed by atoms with E-state index in [1.807, 2.05) is 13.0 Å². The Hall–Kier alpha value is -2.09. The van der Waals surface area contributed by atoms with Gasteiger partial charge in [0.1, 0.15) is 0 Å². The Morgan fingerprint density at radius 3 is 2.42 bits per heavy atom. The summed E-state index contributed by atoms with van der Waals surface area (Å²) in [6, 6.07) is 12.0. The van der Waals surface area contributed by atoms with Crippen LogP contribution in [0.15, 0.2) is 47.4 Å². The van der Waals surface area contributed by atoms with Crippen LogP contribution in [0.2, 0.25) is 0 Å². The molecule has 0 saturated carbocycles. The molecular weight excluding hydrogens is 374 g/mol. The van der Waals surface area contributed by atoms with Crippen molar-refractivity contribution in [2.45, 2.75) is 25.2 Å². The van der Waals surface area contributed by atoms with Crippen LogP contribution in [-0.4, -0.2) is 27.9 Å². The number of hydrogen-bond donors (Lipinski definition) is 3. The Morgan fingerprint density at radius 1 is 1.04 bits per heavy atom. The fourth-order valence-electron chi connectivity index (χ4n) is 2.35. The lowest BCUT2D eigenvalue weighted by molar-refractivity contribution is -0.116. The molecule has 0 unspecified atom stereocenters. The zero-order valence-electron chi connectivity index (χ0n) is 15.0. The average Bonchev–Trinajstić information content (AvgIpc) is 2.54. The van der Waals surface area contributed by atoms with Gasteiger partial charge in [0.15, 0.2) is 0 Å². The van der Waals surface area contributed by atoms with Gasteiger partial charge in [-0.15, -0.1) is 12.4 Å². The number of carbonyl (C=O) groups excluding carboxylic acids is 1. The lowest BCUT2D eigenvalue weighted by Gasteiger charge is -2.13. The van der Waals surface area contributed by atoms with Gasteiger partial charge in [0, 0.05) is 24.3 Å². The second kappa shape index (κ2) is 9.56. The number of hydrogen-bond acceptors (Lipinski definition) is 4. The molecule has 0 bridgehead atoms. The maximum Gasteiger partial charge on any atom is 0.262 e. The summed E-state index contributed by atoms with van der Waals surface area (Å²) in [6.07, 6.45) is 0.313. The second-order valence-corrected chi connectivity index (χ2v) is 7.51. The number of nitrogens with one attached hydrogen (secondary N) is 3. The molecular formula is C18H24ClN3O3S. The van der Waals surface area contributed by atoms with Gasteiger partial charge in [0.2, 0.25) is 5.91 Å². The average molecular weight is 398 g/mol. The number of anilines is 2. The molecule has 0 aliphatic carbocycles. The molecule has 0 atom stereocenters. The topological polar surface area (TPSA) is 87.3 Å². The lowest BCUT2D eigenvalue weighted by atomic mass is 10.2. The van der Waals surface area contributed by atoms with Crippen LogP contribution >= 0.6 is 12.4 Å². The van der Waals surface area contributed by atoms with Crippen molar-refractivity contribution in [3.8, 4) is 0 Å². The van der Waals surface area contributed by atoms with Crippen molar-refractivity contribution in [2.75, 3.05) is 23.6 Å². The fraction of sp³-hybridized carbons (Fsp3) is 0.278. The van der Waals surface area contributed by atoms with Crippen LogP contribution in [0.4, 0.5) is 11.4 Å². The highest BCUT2D eigenvalue weighted by molar-refractivity contribution is 7.92. The van der Waals surface area contributed by atoms with Gasteiger partial charge < -0.3 is 10.6 Å². The van der Waals surface area contributed by atoms with E-state index in [2.05, 4.69) is 15.4 Å². The quantitative estimate of drug-likeness (QED) is 0.670. The van der Waals surface area contributed by atoms with Gasteiger partial charge in [-0.3, -0.25) is 9.52 Å². The normalized spacial score (nSPS) is 10.7. The first-order valence-electron chi connectivity index (χ1n) is 7.96. The molecule has 0 aromatic heterocycles. The van der Waals surface area contributed by atoms with Crippen LogP contribution in [0.3, 0.4) is 0 Å². The Balaban J connectivity index is 0.00000338. The minimum atomic E-state index is -3.75. The van der Waals surface area contributed by atoms with E-state index in [4.69, 9.17) is 0 Å². The zero-order chi connectivity index (χ0) is 18.4. The Morgan fingerprint density at radius 2 is 1.77 bits per heavy atom. The third kappa shape index (κ3) is 6.01. The smallest absolute Gasteiger partial charge is 0.262 e. The number of aryl methyl sites for hydroxylation is 2. The molecule has 6 nitrogen and oxygen atoms in total. The van der Waals surface area contributed by atoms with Crippen LogP contribution in [0.25, 0.3) is 0 Å². The fourth-order valence-corrected chi connectivity index (χ4v) is 3.67. The van der Waals surface area contributed by atoms with Crippen LogP contribution in [0.5, 0.6) is 0 Å². The van der Waals surface area contributed by atoms with Gasteiger partial charge in [0.05, 0.1) is 4.90 Å². The molecule has 0 radical (unpaired) electrons. The van der Waals surface area contributed by atoms with Crippen molar-refractivity contribution in [1.82, 2.24) is 5.32 Å². The Labute approximate surface area is 160 Å². The summed E-state index contributed by atoms with van der Waals surface area (Å²) in [4.78, 5) is 12.0. The van der Waals surface area contributed by atoms with Crippen LogP contribution in [0, 0.1) is 13.8 Å². The summed E-state index contributed by atoms with van der Waals surface area (Å²) in [6.45, 7) is 4.17. The van der Waals surface area contributed by atoms with Gasteiger partial charge in [-0.05, 0) is 56.3 Å². The van der Waals surface area contributed by atoms with Crippen molar-refractivity contribution in [3.63, 3.8) is 0 Å². The minimum Gasteiger partial charge on any atom is -0.326 e. The summed E-state index contributed by atoms with van der Waals surface area (Å²) < 4.78 is 28.0. The highest BCUT2D eigenvalue weighted by atomic mass is 35.5. The van der Waals surface area contributed by atoms with Gasteiger partial charge in [-0.2, -0.15) is 0 Å². The highest BCUT2D eigenvalue weighted by Crippen LogP contribution is 2.23. The molecule has 0 spiro atoms. The molecule has 3 N–H and O–H groups in total. The molecule has 142 valence electrons. The van der Waals surface area contributed by atoms with E-state index in [0.717, 1.165) is 5.56 Å². The number of sulfonamides is 1. The van der Waals surface area contributed by atoms with E-state index in [1.54, 1.807) is 44.3 Å². The minimum absolute atomic E-state index is 0. The molecule has 8 heteroatoms. The summed E-state index contributed by atoms with van der Waals surface area (Å²) >= 11 is 0. The monoisotopic (exact) mass is 397 g/mol. The Kier molecular flexibility index (Phi) is 8.08.